The number of aryl methyl sites for hydroxylation is 1. The van der Waals surface area contributed by atoms with E-state index >= 15 is 0 Å². The number of nitrogens with one attached hydrogen (secondary N) is 1. The second kappa shape index (κ2) is 6.24. The van der Waals surface area contributed by atoms with E-state index < -0.39 is 0 Å². The number of fused-ring (bicyclic) bond motifs is 1. The third kappa shape index (κ3) is 2.94. The summed E-state index contributed by atoms with van der Waals surface area (Å²) in [6.45, 7) is 7.18. The van der Waals surface area contributed by atoms with Gasteiger partial charge in [0.15, 0.2) is 0 Å². The van der Waals surface area contributed by atoms with Crippen LogP contribution in [-0.4, -0.2) is 65.3 Å². The average Bonchev–Trinajstić information content (AvgIpc) is 3.05. The molecule has 7 heteroatoms. The van der Waals surface area contributed by atoms with E-state index in [9.17, 15) is 4.79 Å². The van der Waals surface area contributed by atoms with Gasteiger partial charge in [0.05, 0.1) is 18.8 Å². The van der Waals surface area contributed by atoms with Gasteiger partial charge in [0.1, 0.15) is 11.6 Å². The number of hydrogen-bond donors (Lipinski definition) is 1. The maximum Gasteiger partial charge on any atom is 0.254 e. The SMILES string of the molecule is Cc1nc(-c2ccc(N3CC4OCCN(C)C4C3)nc2)[nH]c(=O)c1C. The molecule has 25 heavy (non-hydrogen) atoms. The van der Waals surface area contributed by atoms with Crippen molar-refractivity contribution in [2.45, 2.75) is 26.0 Å². The normalized spacial score (nSPS) is 23.7. The van der Waals surface area contributed by atoms with Crippen molar-refractivity contribution in [3.8, 4) is 11.4 Å². The van der Waals surface area contributed by atoms with Gasteiger partial charge in [-0.15, -0.1) is 0 Å². The van der Waals surface area contributed by atoms with Crippen molar-refractivity contribution in [2.24, 2.45) is 0 Å². The van der Waals surface area contributed by atoms with Gasteiger partial charge in [-0.1, -0.05) is 0 Å². The summed E-state index contributed by atoms with van der Waals surface area (Å²) in [4.78, 5) is 28.4. The number of aromatic nitrogens is 3. The number of aromatic amines is 1. The molecule has 0 aliphatic carbocycles. The maximum absolute atomic E-state index is 11.9. The summed E-state index contributed by atoms with van der Waals surface area (Å²) in [6.07, 6.45) is 2.02. The lowest BCUT2D eigenvalue weighted by molar-refractivity contribution is -0.0362. The van der Waals surface area contributed by atoms with Crippen molar-refractivity contribution in [1.29, 1.82) is 0 Å². The van der Waals surface area contributed by atoms with Gasteiger partial charge in [0, 0.05) is 42.7 Å². The molecular formula is C18H23N5O2. The van der Waals surface area contributed by atoms with E-state index in [2.05, 4.69) is 31.8 Å². The van der Waals surface area contributed by atoms with Crippen LogP contribution in [0.5, 0.6) is 0 Å². The van der Waals surface area contributed by atoms with E-state index in [1.165, 1.54) is 0 Å². The molecular weight excluding hydrogens is 318 g/mol. The zero-order valence-corrected chi connectivity index (χ0v) is 14.8. The molecule has 2 aromatic heterocycles. The van der Waals surface area contributed by atoms with Crippen LogP contribution in [-0.2, 0) is 4.74 Å². The molecule has 132 valence electrons. The first kappa shape index (κ1) is 16.2. The monoisotopic (exact) mass is 341 g/mol. The van der Waals surface area contributed by atoms with Crippen LogP contribution >= 0.6 is 0 Å². The largest absolute Gasteiger partial charge is 0.373 e. The summed E-state index contributed by atoms with van der Waals surface area (Å²) in [6, 6.07) is 4.37. The van der Waals surface area contributed by atoms with Crippen molar-refractivity contribution in [3.05, 3.63) is 39.9 Å². The van der Waals surface area contributed by atoms with Crippen LogP contribution in [0, 0.1) is 13.8 Å². The first-order valence-corrected chi connectivity index (χ1v) is 8.63. The van der Waals surface area contributed by atoms with Crippen LogP contribution in [0.2, 0.25) is 0 Å². The zero-order valence-electron chi connectivity index (χ0n) is 14.8. The Kier molecular flexibility index (Phi) is 4.05. The molecule has 2 aliphatic rings. The van der Waals surface area contributed by atoms with E-state index in [0.29, 0.717) is 17.4 Å². The molecule has 2 atom stereocenters. The minimum atomic E-state index is -0.101. The van der Waals surface area contributed by atoms with Gasteiger partial charge in [-0.2, -0.15) is 0 Å². The van der Waals surface area contributed by atoms with Crippen LogP contribution in [0.4, 0.5) is 5.82 Å². The quantitative estimate of drug-likeness (QED) is 0.877. The fraction of sp³-hybridized carbons (Fsp3) is 0.500. The van der Waals surface area contributed by atoms with Crippen molar-refractivity contribution in [1.82, 2.24) is 19.9 Å². The Bertz CT molecular complexity index is 832. The minimum absolute atomic E-state index is 0.101. The fourth-order valence-electron chi connectivity index (χ4n) is 3.54. The lowest BCUT2D eigenvalue weighted by atomic mass is 10.1. The van der Waals surface area contributed by atoms with E-state index in [1.807, 2.05) is 19.1 Å². The highest BCUT2D eigenvalue weighted by Gasteiger charge is 2.38. The Morgan fingerprint density at radius 2 is 2.12 bits per heavy atom. The number of anilines is 1. The Hall–Kier alpha value is -2.25. The smallest absolute Gasteiger partial charge is 0.254 e. The standard InChI is InChI=1S/C18H23N5O2/c1-11-12(2)20-17(21-18(11)24)13-4-5-16(19-8-13)23-9-14-15(10-23)25-7-6-22(14)3/h4-5,8,14-15H,6-7,9-10H2,1-3H3,(H,20,21,24). The van der Waals surface area contributed by atoms with Crippen molar-refractivity contribution >= 4 is 5.82 Å². The molecule has 7 nitrogen and oxygen atoms in total. The van der Waals surface area contributed by atoms with Crippen molar-refractivity contribution in [3.63, 3.8) is 0 Å². The van der Waals surface area contributed by atoms with Gasteiger partial charge >= 0.3 is 0 Å². The van der Waals surface area contributed by atoms with E-state index in [0.717, 1.165) is 43.3 Å². The van der Waals surface area contributed by atoms with Crippen LogP contribution in [0.1, 0.15) is 11.3 Å². The predicted molar refractivity (Wildman–Crippen MR) is 95.9 cm³/mol. The van der Waals surface area contributed by atoms with Gasteiger partial charge in [-0.25, -0.2) is 9.97 Å². The number of hydrogen-bond acceptors (Lipinski definition) is 6. The molecule has 2 aromatic rings. The maximum atomic E-state index is 11.9. The van der Waals surface area contributed by atoms with Gasteiger partial charge < -0.3 is 14.6 Å². The molecule has 0 aromatic carbocycles. The number of nitrogens with zero attached hydrogens (tertiary/aromatic N) is 4. The van der Waals surface area contributed by atoms with E-state index in [-0.39, 0.29) is 11.7 Å². The minimum Gasteiger partial charge on any atom is -0.373 e. The lowest BCUT2D eigenvalue weighted by Crippen LogP contribution is -2.48. The average molecular weight is 341 g/mol. The molecule has 2 unspecified atom stereocenters. The zero-order chi connectivity index (χ0) is 17.6. The Balaban J connectivity index is 1.56. The highest BCUT2D eigenvalue weighted by Crippen LogP contribution is 2.26. The summed E-state index contributed by atoms with van der Waals surface area (Å²) in [7, 11) is 2.15. The molecule has 0 radical (unpaired) electrons. The molecule has 2 saturated heterocycles. The number of pyridine rings is 1. The first-order valence-electron chi connectivity index (χ1n) is 8.63. The molecule has 4 rings (SSSR count). The number of likely N-dealkylation sites (N-methyl/N-ethyl adjacent to an activating group) is 1. The molecule has 0 bridgehead atoms. The number of rotatable bonds is 2. The van der Waals surface area contributed by atoms with Crippen LogP contribution in [0.3, 0.4) is 0 Å². The number of ether oxygens (including phenoxy) is 1. The van der Waals surface area contributed by atoms with Crippen molar-refractivity contribution in [2.75, 3.05) is 38.2 Å². The summed E-state index contributed by atoms with van der Waals surface area (Å²) in [5.74, 6) is 1.49. The topological polar surface area (TPSA) is 74.3 Å². The van der Waals surface area contributed by atoms with Crippen LogP contribution in [0.15, 0.2) is 23.1 Å². The van der Waals surface area contributed by atoms with Gasteiger partial charge in [-0.3, -0.25) is 9.69 Å². The lowest BCUT2D eigenvalue weighted by Gasteiger charge is -2.33. The van der Waals surface area contributed by atoms with E-state index in [1.54, 1.807) is 13.1 Å². The summed E-state index contributed by atoms with van der Waals surface area (Å²) >= 11 is 0. The number of H-pyrrole nitrogens is 1. The van der Waals surface area contributed by atoms with Gasteiger partial charge in [0.25, 0.3) is 5.56 Å². The third-order valence-corrected chi connectivity index (χ3v) is 5.32. The van der Waals surface area contributed by atoms with Crippen molar-refractivity contribution < 1.29 is 4.74 Å². The highest BCUT2D eigenvalue weighted by molar-refractivity contribution is 5.57. The summed E-state index contributed by atoms with van der Waals surface area (Å²) in [5, 5.41) is 0. The summed E-state index contributed by atoms with van der Waals surface area (Å²) in [5.41, 5.74) is 2.10. The van der Waals surface area contributed by atoms with E-state index in [4.69, 9.17) is 4.74 Å². The fourth-order valence-corrected chi connectivity index (χ4v) is 3.54. The molecule has 0 saturated carbocycles. The first-order chi connectivity index (χ1) is 12.0. The Morgan fingerprint density at radius 1 is 1.28 bits per heavy atom. The van der Waals surface area contributed by atoms with Crippen LogP contribution < -0.4 is 10.5 Å². The second-order valence-corrected chi connectivity index (χ2v) is 6.89. The molecule has 2 aliphatic heterocycles. The van der Waals surface area contributed by atoms with Gasteiger partial charge in [-0.05, 0) is 33.0 Å². The molecule has 2 fully saturated rings. The second-order valence-electron chi connectivity index (χ2n) is 6.89. The molecule has 0 spiro atoms. The number of morpholine rings is 1. The third-order valence-electron chi connectivity index (χ3n) is 5.32. The van der Waals surface area contributed by atoms with Gasteiger partial charge in [0.2, 0.25) is 0 Å². The van der Waals surface area contributed by atoms with Crippen LogP contribution in [0.25, 0.3) is 11.4 Å². The molecule has 0 amide bonds. The Labute approximate surface area is 146 Å². The molecule has 1 N–H and O–H groups in total. The predicted octanol–water partition coefficient (Wildman–Crippen LogP) is 0.968. The molecule has 4 heterocycles. The summed E-state index contributed by atoms with van der Waals surface area (Å²) < 4.78 is 5.89. The highest BCUT2D eigenvalue weighted by atomic mass is 16.5. The Morgan fingerprint density at radius 3 is 2.80 bits per heavy atom.